The van der Waals surface area contributed by atoms with Gasteiger partial charge >= 0.3 is 0 Å². The van der Waals surface area contributed by atoms with E-state index in [1.165, 1.54) is 6.07 Å². The minimum Gasteiger partial charge on any atom is -0.312 e. The molecule has 0 heterocycles. The van der Waals surface area contributed by atoms with E-state index in [9.17, 15) is 4.39 Å². The van der Waals surface area contributed by atoms with Crippen molar-refractivity contribution < 1.29 is 4.39 Å². The molecule has 0 unspecified atom stereocenters. The highest BCUT2D eigenvalue weighted by Crippen LogP contribution is 2.20. The van der Waals surface area contributed by atoms with Gasteiger partial charge < -0.3 is 5.32 Å². The maximum Gasteiger partial charge on any atom is 0.123 e. The van der Waals surface area contributed by atoms with Gasteiger partial charge in [0.15, 0.2) is 0 Å². The molecule has 0 spiro atoms. The van der Waals surface area contributed by atoms with Crippen LogP contribution in [0.25, 0.3) is 0 Å². The van der Waals surface area contributed by atoms with Crippen LogP contribution < -0.4 is 5.32 Å². The molecule has 2 aromatic rings. The van der Waals surface area contributed by atoms with Crippen molar-refractivity contribution in [2.45, 2.75) is 13.0 Å². The van der Waals surface area contributed by atoms with E-state index in [4.69, 9.17) is 23.2 Å². The summed E-state index contributed by atoms with van der Waals surface area (Å²) in [5.41, 5.74) is 1.94. The van der Waals surface area contributed by atoms with Gasteiger partial charge in [-0.05, 0) is 54.4 Å². The van der Waals surface area contributed by atoms with Crippen LogP contribution in [0.4, 0.5) is 4.39 Å². The number of rotatable bonds is 5. The third-order valence-electron chi connectivity index (χ3n) is 2.80. The maximum absolute atomic E-state index is 13.0. The van der Waals surface area contributed by atoms with Crippen LogP contribution in [0.15, 0.2) is 42.5 Å². The summed E-state index contributed by atoms with van der Waals surface area (Å²) in [6, 6.07) is 12.0. The van der Waals surface area contributed by atoms with Gasteiger partial charge in [0, 0.05) is 16.6 Å². The molecule has 0 saturated heterocycles. The highest BCUT2D eigenvalue weighted by molar-refractivity contribution is 6.33. The molecule has 0 aromatic heterocycles. The smallest absolute Gasteiger partial charge is 0.123 e. The van der Waals surface area contributed by atoms with Crippen LogP contribution in [0.5, 0.6) is 0 Å². The average Bonchev–Trinajstić information content (AvgIpc) is 2.39. The fourth-order valence-corrected chi connectivity index (χ4v) is 2.21. The first-order valence-corrected chi connectivity index (χ1v) is 6.80. The van der Waals surface area contributed by atoms with Crippen LogP contribution in [0.2, 0.25) is 10.0 Å². The Bertz CT molecular complexity index is 558. The van der Waals surface area contributed by atoms with E-state index in [2.05, 4.69) is 5.32 Å². The molecule has 4 heteroatoms. The zero-order chi connectivity index (χ0) is 13.7. The topological polar surface area (TPSA) is 12.0 Å². The van der Waals surface area contributed by atoms with Crippen molar-refractivity contribution in [2.75, 3.05) is 6.54 Å². The van der Waals surface area contributed by atoms with Crippen molar-refractivity contribution >= 4 is 23.2 Å². The molecule has 0 radical (unpaired) electrons. The minimum atomic E-state index is -0.199. The first-order chi connectivity index (χ1) is 9.15. The van der Waals surface area contributed by atoms with Crippen LogP contribution in [-0.2, 0) is 13.0 Å². The average molecular weight is 298 g/mol. The summed E-state index contributed by atoms with van der Waals surface area (Å²) >= 11 is 12.0. The molecule has 0 aliphatic rings. The zero-order valence-electron chi connectivity index (χ0n) is 10.3. The van der Waals surface area contributed by atoms with Crippen LogP contribution in [0, 0.1) is 5.82 Å². The van der Waals surface area contributed by atoms with Gasteiger partial charge in [0.2, 0.25) is 0 Å². The van der Waals surface area contributed by atoms with Crippen molar-refractivity contribution in [1.29, 1.82) is 0 Å². The summed E-state index contributed by atoms with van der Waals surface area (Å²) in [6.07, 6.45) is 0.774. The van der Waals surface area contributed by atoms with Gasteiger partial charge in [-0.15, -0.1) is 0 Å². The molecular weight excluding hydrogens is 284 g/mol. The van der Waals surface area contributed by atoms with Gasteiger partial charge in [-0.3, -0.25) is 0 Å². The van der Waals surface area contributed by atoms with Crippen LogP contribution in [0.3, 0.4) is 0 Å². The van der Waals surface area contributed by atoms with Gasteiger partial charge in [-0.25, -0.2) is 4.39 Å². The molecule has 2 rings (SSSR count). The van der Waals surface area contributed by atoms with Crippen molar-refractivity contribution in [3.63, 3.8) is 0 Å². The monoisotopic (exact) mass is 297 g/mol. The Morgan fingerprint density at radius 2 is 1.89 bits per heavy atom. The Hall–Kier alpha value is -1.09. The Balaban J connectivity index is 1.82. The molecule has 0 aliphatic carbocycles. The summed E-state index contributed by atoms with van der Waals surface area (Å²) in [5.74, 6) is -0.199. The third kappa shape index (κ3) is 4.50. The van der Waals surface area contributed by atoms with E-state index in [1.54, 1.807) is 24.3 Å². The summed E-state index contributed by atoms with van der Waals surface area (Å²) in [7, 11) is 0. The van der Waals surface area contributed by atoms with E-state index in [1.807, 2.05) is 12.1 Å². The number of hydrogen-bond acceptors (Lipinski definition) is 1. The predicted octanol–water partition coefficient (Wildman–Crippen LogP) is 4.46. The minimum absolute atomic E-state index is 0.199. The summed E-state index contributed by atoms with van der Waals surface area (Å²) in [6.45, 7) is 1.40. The molecule has 1 nitrogen and oxygen atoms in total. The lowest BCUT2D eigenvalue weighted by molar-refractivity contribution is 0.622. The lowest BCUT2D eigenvalue weighted by Crippen LogP contribution is -2.17. The second-order valence-corrected chi connectivity index (χ2v) is 5.14. The first-order valence-electron chi connectivity index (χ1n) is 6.04. The van der Waals surface area contributed by atoms with Crippen LogP contribution >= 0.6 is 23.2 Å². The van der Waals surface area contributed by atoms with Gasteiger partial charge in [-0.2, -0.15) is 0 Å². The Morgan fingerprint density at radius 1 is 1.05 bits per heavy atom. The van der Waals surface area contributed by atoms with Crippen molar-refractivity contribution in [1.82, 2.24) is 5.32 Å². The Kier molecular flexibility index (Phi) is 5.20. The molecular formula is C15H14Cl2FN. The molecule has 0 fully saturated rings. The number of benzene rings is 2. The van der Waals surface area contributed by atoms with E-state index in [-0.39, 0.29) is 5.82 Å². The first kappa shape index (κ1) is 14.3. The normalized spacial score (nSPS) is 10.7. The van der Waals surface area contributed by atoms with Gasteiger partial charge in [0.1, 0.15) is 5.82 Å². The zero-order valence-corrected chi connectivity index (χ0v) is 11.8. The standard InChI is InChI=1S/C15H14Cl2FN/c16-13-4-5-15(17)12(9-13)10-19-7-6-11-2-1-3-14(18)8-11/h1-5,8-9,19H,6-7,10H2. The van der Waals surface area contributed by atoms with Gasteiger partial charge in [0.25, 0.3) is 0 Å². The molecule has 0 bridgehead atoms. The number of nitrogens with one attached hydrogen (secondary N) is 1. The summed E-state index contributed by atoms with van der Waals surface area (Å²) < 4.78 is 13.0. The Morgan fingerprint density at radius 3 is 2.68 bits per heavy atom. The van der Waals surface area contributed by atoms with Crippen LogP contribution in [-0.4, -0.2) is 6.54 Å². The fraction of sp³-hybridized carbons (Fsp3) is 0.200. The molecule has 1 N–H and O–H groups in total. The van der Waals surface area contributed by atoms with Crippen LogP contribution in [0.1, 0.15) is 11.1 Å². The molecule has 2 aromatic carbocycles. The van der Waals surface area contributed by atoms with Crippen molar-refractivity contribution in [3.05, 3.63) is 69.5 Å². The molecule has 0 amide bonds. The van der Waals surface area contributed by atoms with Crippen molar-refractivity contribution in [2.24, 2.45) is 0 Å². The maximum atomic E-state index is 13.0. The van der Waals surface area contributed by atoms with E-state index in [0.717, 1.165) is 24.1 Å². The van der Waals surface area contributed by atoms with E-state index in [0.29, 0.717) is 16.6 Å². The molecule has 0 saturated carbocycles. The van der Waals surface area contributed by atoms with Gasteiger partial charge in [0.05, 0.1) is 0 Å². The second-order valence-electron chi connectivity index (χ2n) is 4.29. The van der Waals surface area contributed by atoms with Gasteiger partial charge in [-0.1, -0.05) is 35.3 Å². The second kappa shape index (κ2) is 6.90. The predicted molar refractivity (Wildman–Crippen MR) is 78.3 cm³/mol. The van der Waals surface area contributed by atoms with Crippen molar-refractivity contribution in [3.8, 4) is 0 Å². The number of halogens is 3. The summed E-state index contributed by atoms with van der Waals surface area (Å²) in [4.78, 5) is 0. The lowest BCUT2D eigenvalue weighted by atomic mass is 10.1. The third-order valence-corrected chi connectivity index (χ3v) is 3.41. The van der Waals surface area contributed by atoms with E-state index < -0.39 is 0 Å². The quantitative estimate of drug-likeness (QED) is 0.803. The number of hydrogen-bond donors (Lipinski definition) is 1. The fourth-order valence-electron chi connectivity index (χ4n) is 1.83. The summed E-state index contributed by atoms with van der Waals surface area (Å²) in [5, 5.41) is 4.64. The lowest BCUT2D eigenvalue weighted by Gasteiger charge is -2.07. The van der Waals surface area contributed by atoms with E-state index >= 15 is 0 Å². The highest BCUT2D eigenvalue weighted by Gasteiger charge is 2.01. The SMILES string of the molecule is Fc1cccc(CCNCc2cc(Cl)ccc2Cl)c1. The largest absolute Gasteiger partial charge is 0.312 e. The molecule has 19 heavy (non-hydrogen) atoms. The Labute approximate surface area is 122 Å². The molecule has 100 valence electrons. The highest BCUT2D eigenvalue weighted by atomic mass is 35.5. The molecule has 0 aliphatic heterocycles. The molecule has 0 atom stereocenters.